The molecule has 1 heterocycles. The highest BCUT2D eigenvalue weighted by Gasteiger charge is 2.23. The Balaban J connectivity index is 0.000000315. The van der Waals surface area contributed by atoms with Crippen LogP contribution < -0.4 is 0 Å². The van der Waals surface area contributed by atoms with Crippen molar-refractivity contribution in [2.24, 2.45) is 0 Å². The minimum absolute atomic E-state index is 0.211. The molecule has 1 aromatic carbocycles. The molecule has 0 aliphatic rings. The Morgan fingerprint density at radius 2 is 2.10 bits per heavy atom. The lowest BCUT2D eigenvalue weighted by molar-refractivity contribution is -0.535. The van der Waals surface area contributed by atoms with Gasteiger partial charge in [-0.25, -0.2) is 4.98 Å². The maximum atomic E-state index is 11.0. The molecule has 0 radical (unpaired) electrons. The monoisotopic (exact) mass is 291 g/mol. The molecule has 0 amide bonds. The number of carbonyl (C=O) groups excluding carboxylic acids is 1. The van der Waals surface area contributed by atoms with E-state index in [0.717, 1.165) is 0 Å². The summed E-state index contributed by atoms with van der Waals surface area (Å²) in [6.07, 6.45) is 3.66. The quantitative estimate of drug-likeness (QED) is 0.490. The molecule has 7 heteroatoms. The summed E-state index contributed by atoms with van der Waals surface area (Å²) < 4.78 is 5.87. The molecular formula is C14H17N3O4. The number of carbonyl (C=O) groups is 1. The van der Waals surface area contributed by atoms with Crippen LogP contribution in [0.1, 0.15) is 25.6 Å². The molecule has 1 aromatic heterocycles. The summed E-state index contributed by atoms with van der Waals surface area (Å²) >= 11 is 0. The number of nitrogens with zero attached hydrogens (tertiary/aromatic N) is 3. The van der Waals surface area contributed by atoms with Crippen molar-refractivity contribution < 1.29 is 14.5 Å². The van der Waals surface area contributed by atoms with Crippen LogP contribution in [0.5, 0.6) is 0 Å². The van der Waals surface area contributed by atoms with Crippen molar-refractivity contribution in [1.29, 1.82) is 0 Å². The highest BCUT2D eigenvalue weighted by Crippen LogP contribution is 2.17. The molecule has 1 unspecified atom stereocenters. The zero-order valence-corrected chi connectivity index (χ0v) is 11.9. The first kappa shape index (κ1) is 16.4. The molecule has 0 saturated heterocycles. The molecule has 0 bridgehead atoms. The molecule has 2 rings (SSSR count). The van der Waals surface area contributed by atoms with E-state index in [0.29, 0.717) is 12.2 Å². The van der Waals surface area contributed by atoms with Crippen molar-refractivity contribution >= 4 is 5.97 Å². The number of hydrogen-bond donors (Lipinski definition) is 0. The molecular weight excluding hydrogens is 274 g/mol. The van der Waals surface area contributed by atoms with E-state index >= 15 is 0 Å². The van der Waals surface area contributed by atoms with Crippen LogP contribution in [0.4, 0.5) is 0 Å². The lowest BCUT2D eigenvalue weighted by atomic mass is 10.2. The summed E-state index contributed by atoms with van der Waals surface area (Å²) in [4.78, 5) is 24.3. The fourth-order valence-corrected chi connectivity index (χ4v) is 1.65. The molecule has 7 nitrogen and oxygen atoms in total. The Morgan fingerprint density at radius 3 is 2.48 bits per heavy atom. The molecule has 0 fully saturated rings. The van der Waals surface area contributed by atoms with Crippen LogP contribution in [0.25, 0.3) is 0 Å². The van der Waals surface area contributed by atoms with Crippen molar-refractivity contribution in [2.45, 2.75) is 20.0 Å². The second-order valence-corrected chi connectivity index (χ2v) is 4.00. The molecule has 0 aliphatic heterocycles. The highest BCUT2D eigenvalue weighted by molar-refractivity contribution is 5.65. The van der Waals surface area contributed by atoms with Crippen molar-refractivity contribution in [2.75, 3.05) is 6.61 Å². The molecule has 0 spiro atoms. The van der Waals surface area contributed by atoms with Gasteiger partial charge in [-0.15, -0.1) is 0 Å². The van der Waals surface area contributed by atoms with Crippen LogP contribution in [0, 0.1) is 10.1 Å². The van der Waals surface area contributed by atoms with Crippen molar-refractivity contribution in [3.63, 3.8) is 0 Å². The Labute approximate surface area is 122 Å². The van der Waals surface area contributed by atoms with Crippen LogP contribution in [0.2, 0.25) is 0 Å². The molecule has 0 N–H and O–H groups in total. The number of imidazole rings is 1. The fraction of sp³-hybridized carbons (Fsp3) is 0.286. The second kappa shape index (κ2) is 8.47. The van der Waals surface area contributed by atoms with E-state index < -0.39 is 6.17 Å². The van der Waals surface area contributed by atoms with Gasteiger partial charge < -0.3 is 4.74 Å². The maximum absolute atomic E-state index is 11.0. The van der Waals surface area contributed by atoms with Gasteiger partial charge in [0.15, 0.2) is 0 Å². The van der Waals surface area contributed by atoms with Gasteiger partial charge in [-0.1, -0.05) is 30.3 Å². The van der Waals surface area contributed by atoms with Gasteiger partial charge in [-0.05, 0) is 6.92 Å². The summed E-state index contributed by atoms with van der Waals surface area (Å²) in [5.41, 5.74) is 0.639. The van der Waals surface area contributed by atoms with Crippen LogP contribution >= 0.6 is 0 Å². The molecule has 0 aliphatic carbocycles. The van der Waals surface area contributed by atoms with Gasteiger partial charge in [-0.3, -0.25) is 19.5 Å². The van der Waals surface area contributed by atoms with Gasteiger partial charge in [-0.2, -0.15) is 0 Å². The number of esters is 1. The minimum atomic E-state index is -0.895. The average Bonchev–Trinajstić information content (AvgIpc) is 2.94. The third-order valence-corrected chi connectivity index (χ3v) is 2.45. The number of hydrogen-bond acceptors (Lipinski definition) is 5. The van der Waals surface area contributed by atoms with Gasteiger partial charge >= 0.3 is 12.1 Å². The van der Waals surface area contributed by atoms with Gasteiger partial charge in [0.25, 0.3) is 0 Å². The number of benzene rings is 1. The molecule has 21 heavy (non-hydrogen) atoms. The molecule has 1 atom stereocenters. The first-order valence-electron chi connectivity index (χ1n) is 6.35. The van der Waals surface area contributed by atoms with Crippen LogP contribution in [0.3, 0.4) is 0 Å². The summed E-state index contributed by atoms with van der Waals surface area (Å²) in [7, 11) is 0. The Hall–Kier alpha value is -2.70. The van der Waals surface area contributed by atoms with Crippen LogP contribution in [-0.2, 0) is 9.53 Å². The Kier molecular flexibility index (Phi) is 6.59. The smallest absolute Gasteiger partial charge is 0.317 e. The number of ether oxygens (including phenoxy) is 1. The number of nitro groups is 1. The Bertz CT molecular complexity index is 555. The summed E-state index contributed by atoms with van der Waals surface area (Å²) in [5.74, 6) is -0.211. The van der Waals surface area contributed by atoms with E-state index in [1.54, 1.807) is 37.4 Å². The van der Waals surface area contributed by atoms with E-state index in [1.807, 2.05) is 6.07 Å². The molecule has 112 valence electrons. The fourth-order valence-electron chi connectivity index (χ4n) is 1.65. The predicted molar refractivity (Wildman–Crippen MR) is 76.1 cm³/mol. The summed E-state index contributed by atoms with van der Waals surface area (Å²) in [6, 6.07) is 8.85. The first-order valence-corrected chi connectivity index (χ1v) is 6.35. The van der Waals surface area contributed by atoms with E-state index in [-0.39, 0.29) is 10.9 Å². The summed E-state index contributed by atoms with van der Waals surface area (Å²) in [5, 5.41) is 11.0. The average molecular weight is 291 g/mol. The van der Waals surface area contributed by atoms with Gasteiger partial charge in [0, 0.05) is 24.9 Å². The number of rotatable bonds is 4. The highest BCUT2D eigenvalue weighted by atomic mass is 16.6. The molecule has 2 aromatic rings. The predicted octanol–water partition coefficient (Wildman–Crippen LogP) is 2.28. The minimum Gasteiger partial charge on any atom is -0.466 e. The van der Waals surface area contributed by atoms with E-state index in [2.05, 4.69) is 9.72 Å². The van der Waals surface area contributed by atoms with Crippen molar-refractivity contribution in [3.8, 4) is 0 Å². The largest absolute Gasteiger partial charge is 0.466 e. The van der Waals surface area contributed by atoms with Crippen molar-refractivity contribution in [1.82, 2.24) is 9.55 Å². The lowest BCUT2D eigenvalue weighted by Gasteiger charge is -2.09. The SMILES string of the molecule is CCOC(C)=O.O=[N+]([O-])C(c1ccccc1)n1ccnc1. The normalized spacial score (nSPS) is 11.0. The van der Waals surface area contributed by atoms with Crippen LogP contribution in [0.15, 0.2) is 49.1 Å². The Morgan fingerprint density at radius 1 is 1.43 bits per heavy atom. The van der Waals surface area contributed by atoms with E-state index in [4.69, 9.17) is 0 Å². The van der Waals surface area contributed by atoms with Gasteiger partial charge in [0.05, 0.1) is 11.5 Å². The topological polar surface area (TPSA) is 87.3 Å². The second-order valence-electron chi connectivity index (χ2n) is 4.00. The third kappa shape index (κ3) is 5.43. The first-order chi connectivity index (χ1) is 10.1. The third-order valence-electron chi connectivity index (χ3n) is 2.45. The standard InChI is InChI=1S/C10H9N3O2.C4H8O2/c14-13(15)10(12-7-6-11-8-12)9-4-2-1-3-5-9;1-3-6-4(2)5/h1-8,10H;3H2,1-2H3. The summed E-state index contributed by atoms with van der Waals surface area (Å²) in [6.45, 7) is 3.65. The maximum Gasteiger partial charge on any atom is 0.317 e. The number of aromatic nitrogens is 2. The zero-order valence-electron chi connectivity index (χ0n) is 11.9. The van der Waals surface area contributed by atoms with Crippen LogP contribution in [-0.4, -0.2) is 27.1 Å². The van der Waals surface area contributed by atoms with Crippen molar-refractivity contribution in [3.05, 3.63) is 64.7 Å². The lowest BCUT2D eigenvalue weighted by Crippen LogP contribution is -2.18. The van der Waals surface area contributed by atoms with Gasteiger partial charge in [0.1, 0.15) is 6.33 Å². The van der Waals surface area contributed by atoms with E-state index in [9.17, 15) is 14.9 Å². The molecule has 0 saturated carbocycles. The van der Waals surface area contributed by atoms with Gasteiger partial charge in [0.2, 0.25) is 0 Å². The zero-order chi connectivity index (χ0) is 15.7. The van der Waals surface area contributed by atoms with E-state index in [1.165, 1.54) is 24.0 Å².